The van der Waals surface area contributed by atoms with Crippen LogP contribution in [0.1, 0.15) is 18.4 Å². The van der Waals surface area contributed by atoms with Gasteiger partial charge < -0.3 is 10.3 Å². The van der Waals surface area contributed by atoms with Gasteiger partial charge >= 0.3 is 0 Å². The van der Waals surface area contributed by atoms with E-state index in [9.17, 15) is 0 Å². The summed E-state index contributed by atoms with van der Waals surface area (Å²) in [6, 6.07) is 18.9. The van der Waals surface area contributed by atoms with Crippen LogP contribution in [-0.4, -0.2) is 15.6 Å². The lowest BCUT2D eigenvalue weighted by atomic mass is 10.1. The summed E-state index contributed by atoms with van der Waals surface area (Å²) in [6.07, 6.45) is 5.14. The number of fused-ring (bicyclic) bond motifs is 1. The summed E-state index contributed by atoms with van der Waals surface area (Å²) in [5.41, 5.74) is 9.86. The fourth-order valence-corrected chi connectivity index (χ4v) is 2.71. The first-order valence-corrected chi connectivity index (χ1v) is 7.52. The minimum atomic E-state index is 0.173. The van der Waals surface area contributed by atoms with E-state index in [1.54, 1.807) is 0 Å². The summed E-state index contributed by atoms with van der Waals surface area (Å²) in [4.78, 5) is 4.41. The SMILES string of the molecule is NC(CCCc1ccccc1)Cn1cnc2ccccc21. The number of imidazole rings is 1. The summed E-state index contributed by atoms with van der Waals surface area (Å²) >= 11 is 0. The fourth-order valence-electron chi connectivity index (χ4n) is 2.71. The number of hydrogen-bond acceptors (Lipinski definition) is 2. The Morgan fingerprint density at radius 2 is 1.76 bits per heavy atom. The summed E-state index contributed by atoms with van der Waals surface area (Å²) in [7, 11) is 0. The minimum Gasteiger partial charge on any atom is -0.329 e. The molecule has 2 N–H and O–H groups in total. The zero-order valence-electron chi connectivity index (χ0n) is 12.2. The highest BCUT2D eigenvalue weighted by Crippen LogP contribution is 2.13. The molecular formula is C18H21N3. The Hall–Kier alpha value is -2.13. The van der Waals surface area contributed by atoms with Gasteiger partial charge in [0.1, 0.15) is 0 Å². The molecule has 0 saturated carbocycles. The number of benzene rings is 2. The molecule has 0 aliphatic heterocycles. The molecule has 108 valence electrons. The van der Waals surface area contributed by atoms with Crippen molar-refractivity contribution < 1.29 is 0 Å². The molecule has 3 rings (SSSR count). The molecule has 1 atom stereocenters. The molecule has 0 saturated heterocycles. The topological polar surface area (TPSA) is 43.8 Å². The Morgan fingerprint density at radius 1 is 1.00 bits per heavy atom. The third kappa shape index (κ3) is 3.50. The zero-order chi connectivity index (χ0) is 14.5. The highest BCUT2D eigenvalue weighted by atomic mass is 15.1. The molecule has 1 heterocycles. The molecule has 1 aromatic heterocycles. The van der Waals surface area contributed by atoms with Gasteiger partial charge in [-0.15, -0.1) is 0 Å². The van der Waals surface area contributed by atoms with E-state index >= 15 is 0 Å². The molecule has 3 nitrogen and oxygen atoms in total. The molecular weight excluding hydrogens is 258 g/mol. The highest BCUT2D eigenvalue weighted by molar-refractivity contribution is 5.74. The number of hydrogen-bond donors (Lipinski definition) is 1. The van der Waals surface area contributed by atoms with Gasteiger partial charge in [0.05, 0.1) is 17.4 Å². The number of rotatable bonds is 6. The number of nitrogens with two attached hydrogens (primary N) is 1. The van der Waals surface area contributed by atoms with Crippen LogP contribution < -0.4 is 5.73 Å². The van der Waals surface area contributed by atoms with Crippen LogP contribution in [0.5, 0.6) is 0 Å². The fraction of sp³-hybridized carbons (Fsp3) is 0.278. The molecule has 0 radical (unpaired) electrons. The van der Waals surface area contributed by atoms with Gasteiger partial charge in [0.25, 0.3) is 0 Å². The van der Waals surface area contributed by atoms with E-state index in [0.29, 0.717) is 0 Å². The number of nitrogens with zero attached hydrogens (tertiary/aromatic N) is 2. The van der Waals surface area contributed by atoms with Crippen molar-refractivity contribution in [2.45, 2.75) is 31.8 Å². The average Bonchev–Trinajstić information content (AvgIpc) is 2.92. The van der Waals surface area contributed by atoms with E-state index < -0.39 is 0 Å². The van der Waals surface area contributed by atoms with Crippen molar-refractivity contribution in [3.8, 4) is 0 Å². The maximum absolute atomic E-state index is 6.27. The van der Waals surface area contributed by atoms with Gasteiger partial charge in [-0.25, -0.2) is 4.98 Å². The molecule has 3 aromatic rings. The second kappa shape index (κ2) is 6.55. The van der Waals surface area contributed by atoms with Gasteiger partial charge in [-0.3, -0.25) is 0 Å². The Labute approximate surface area is 125 Å². The van der Waals surface area contributed by atoms with Crippen molar-refractivity contribution in [3.05, 3.63) is 66.5 Å². The van der Waals surface area contributed by atoms with Crippen molar-refractivity contribution in [1.29, 1.82) is 0 Å². The Bertz CT molecular complexity index is 688. The standard InChI is InChI=1S/C18H21N3/c19-16(10-6-9-15-7-2-1-3-8-15)13-21-14-20-17-11-4-5-12-18(17)21/h1-5,7-8,11-12,14,16H,6,9-10,13,19H2. The van der Waals surface area contributed by atoms with Crippen LogP contribution in [0.4, 0.5) is 0 Å². The van der Waals surface area contributed by atoms with Crippen LogP contribution in [0.2, 0.25) is 0 Å². The largest absolute Gasteiger partial charge is 0.329 e. The van der Waals surface area contributed by atoms with Crippen molar-refractivity contribution in [3.63, 3.8) is 0 Å². The lowest BCUT2D eigenvalue weighted by Crippen LogP contribution is -2.25. The average molecular weight is 279 g/mol. The molecule has 3 heteroatoms. The van der Waals surface area contributed by atoms with Crippen molar-refractivity contribution in [2.24, 2.45) is 5.73 Å². The van der Waals surface area contributed by atoms with E-state index in [1.807, 2.05) is 24.5 Å². The first-order chi connectivity index (χ1) is 10.3. The van der Waals surface area contributed by atoms with Crippen LogP contribution in [-0.2, 0) is 13.0 Å². The molecule has 1 unspecified atom stereocenters. The molecule has 21 heavy (non-hydrogen) atoms. The summed E-state index contributed by atoms with van der Waals surface area (Å²) in [5.74, 6) is 0. The van der Waals surface area contributed by atoms with Gasteiger partial charge in [0.15, 0.2) is 0 Å². The Balaban J connectivity index is 1.53. The van der Waals surface area contributed by atoms with Gasteiger partial charge in [-0.1, -0.05) is 42.5 Å². The molecule has 0 bridgehead atoms. The van der Waals surface area contributed by atoms with Gasteiger partial charge in [0.2, 0.25) is 0 Å². The highest BCUT2D eigenvalue weighted by Gasteiger charge is 2.07. The Morgan fingerprint density at radius 3 is 2.62 bits per heavy atom. The molecule has 0 spiro atoms. The summed E-state index contributed by atoms with van der Waals surface area (Å²) in [5, 5.41) is 0. The van der Waals surface area contributed by atoms with Gasteiger partial charge in [0, 0.05) is 12.6 Å². The lowest BCUT2D eigenvalue weighted by Gasteiger charge is -2.13. The van der Waals surface area contributed by atoms with Gasteiger partial charge in [-0.05, 0) is 37.0 Å². The molecule has 0 aliphatic rings. The monoisotopic (exact) mass is 279 g/mol. The van der Waals surface area contributed by atoms with E-state index in [-0.39, 0.29) is 6.04 Å². The second-order valence-electron chi connectivity index (χ2n) is 5.52. The predicted molar refractivity (Wildman–Crippen MR) is 87.1 cm³/mol. The number of para-hydroxylation sites is 2. The molecule has 0 aliphatic carbocycles. The minimum absolute atomic E-state index is 0.173. The zero-order valence-corrected chi connectivity index (χ0v) is 12.2. The number of aromatic nitrogens is 2. The van der Waals surface area contributed by atoms with Crippen molar-refractivity contribution in [2.75, 3.05) is 0 Å². The van der Waals surface area contributed by atoms with E-state index in [1.165, 1.54) is 5.56 Å². The van der Waals surface area contributed by atoms with Crippen LogP contribution in [0.15, 0.2) is 60.9 Å². The maximum Gasteiger partial charge on any atom is 0.0958 e. The normalized spacial score (nSPS) is 12.6. The van der Waals surface area contributed by atoms with Gasteiger partial charge in [-0.2, -0.15) is 0 Å². The van der Waals surface area contributed by atoms with Crippen molar-refractivity contribution >= 4 is 11.0 Å². The summed E-state index contributed by atoms with van der Waals surface area (Å²) < 4.78 is 2.16. The quantitative estimate of drug-likeness (QED) is 0.751. The Kier molecular flexibility index (Phi) is 4.31. The summed E-state index contributed by atoms with van der Waals surface area (Å²) in [6.45, 7) is 0.829. The molecule has 0 amide bonds. The van der Waals surface area contributed by atoms with E-state index in [0.717, 1.165) is 36.8 Å². The second-order valence-corrected chi connectivity index (χ2v) is 5.52. The van der Waals surface area contributed by atoms with Crippen LogP contribution in [0, 0.1) is 0 Å². The smallest absolute Gasteiger partial charge is 0.0958 e. The lowest BCUT2D eigenvalue weighted by molar-refractivity contribution is 0.510. The third-order valence-electron chi connectivity index (χ3n) is 3.84. The predicted octanol–water partition coefficient (Wildman–Crippen LogP) is 3.39. The van der Waals surface area contributed by atoms with Crippen LogP contribution >= 0.6 is 0 Å². The van der Waals surface area contributed by atoms with Crippen LogP contribution in [0.3, 0.4) is 0 Å². The molecule has 2 aromatic carbocycles. The molecule has 0 fully saturated rings. The van der Waals surface area contributed by atoms with E-state index in [4.69, 9.17) is 5.73 Å². The van der Waals surface area contributed by atoms with Crippen LogP contribution in [0.25, 0.3) is 11.0 Å². The first-order valence-electron chi connectivity index (χ1n) is 7.52. The maximum atomic E-state index is 6.27. The first kappa shape index (κ1) is 13.8. The van der Waals surface area contributed by atoms with Crippen molar-refractivity contribution in [1.82, 2.24) is 9.55 Å². The third-order valence-corrected chi connectivity index (χ3v) is 3.84. The van der Waals surface area contributed by atoms with E-state index in [2.05, 4.69) is 45.9 Å². The number of aryl methyl sites for hydroxylation is 1.